The van der Waals surface area contributed by atoms with Gasteiger partial charge in [-0.2, -0.15) is 0 Å². The molecule has 2 rings (SSSR count). The molecule has 1 amide bonds. The van der Waals surface area contributed by atoms with E-state index in [9.17, 15) is 4.79 Å². The maximum absolute atomic E-state index is 12.1. The van der Waals surface area contributed by atoms with Gasteiger partial charge in [0.2, 0.25) is 5.91 Å². The van der Waals surface area contributed by atoms with Gasteiger partial charge in [0.25, 0.3) is 0 Å². The summed E-state index contributed by atoms with van der Waals surface area (Å²) in [6.07, 6.45) is 0.947. The summed E-state index contributed by atoms with van der Waals surface area (Å²) in [4.78, 5) is 12.1. The molecule has 0 spiro atoms. The van der Waals surface area contributed by atoms with Crippen molar-refractivity contribution in [1.29, 1.82) is 0 Å². The molecule has 0 radical (unpaired) electrons. The average molecular weight is 296 g/mol. The van der Waals surface area contributed by atoms with Crippen molar-refractivity contribution >= 4 is 17.3 Å². The Balaban J connectivity index is 2.01. The molecule has 22 heavy (non-hydrogen) atoms. The Hall–Kier alpha value is -2.29. The lowest BCUT2D eigenvalue weighted by molar-refractivity contribution is -0.114. The van der Waals surface area contributed by atoms with Crippen LogP contribution in [-0.4, -0.2) is 12.5 Å². The van der Waals surface area contributed by atoms with E-state index < -0.39 is 0 Å². The van der Waals surface area contributed by atoms with Crippen LogP contribution < -0.4 is 10.6 Å². The van der Waals surface area contributed by atoms with Crippen LogP contribution in [0.25, 0.3) is 0 Å². The predicted molar refractivity (Wildman–Crippen MR) is 93.6 cm³/mol. The molecule has 0 aromatic heterocycles. The fraction of sp³-hybridized carbons (Fsp3) is 0.316. The fourth-order valence-corrected chi connectivity index (χ4v) is 2.70. The quantitative estimate of drug-likeness (QED) is 0.867. The van der Waals surface area contributed by atoms with Gasteiger partial charge in [0, 0.05) is 11.4 Å². The van der Waals surface area contributed by atoms with Crippen LogP contribution in [0.3, 0.4) is 0 Å². The minimum Gasteiger partial charge on any atom is -0.376 e. The third-order valence-corrected chi connectivity index (χ3v) is 3.67. The minimum absolute atomic E-state index is 0.0321. The van der Waals surface area contributed by atoms with E-state index in [0.29, 0.717) is 0 Å². The van der Waals surface area contributed by atoms with Gasteiger partial charge in [-0.3, -0.25) is 4.79 Å². The summed E-state index contributed by atoms with van der Waals surface area (Å²) in [7, 11) is 0. The maximum Gasteiger partial charge on any atom is 0.243 e. The first-order chi connectivity index (χ1) is 10.5. The number of rotatable bonds is 5. The van der Waals surface area contributed by atoms with Gasteiger partial charge in [0.1, 0.15) is 0 Å². The Morgan fingerprint density at radius 3 is 2.36 bits per heavy atom. The normalized spacial score (nSPS) is 10.4. The summed E-state index contributed by atoms with van der Waals surface area (Å²) in [5.74, 6) is -0.0321. The van der Waals surface area contributed by atoms with E-state index in [0.717, 1.165) is 28.9 Å². The monoisotopic (exact) mass is 296 g/mol. The van der Waals surface area contributed by atoms with E-state index in [2.05, 4.69) is 48.7 Å². The van der Waals surface area contributed by atoms with E-state index >= 15 is 0 Å². The Morgan fingerprint density at radius 2 is 1.73 bits per heavy atom. The Kier molecular flexibility index (Phi) is 5.21. The number of aryl methyl sites for hydroxylation is 4. The van der Waals surface area contributed by atoms with Crippen molar-refractivity contribution in [2.24, 2.45) is 0 Å². The minimum atomic E-state index is -0.0321. The van der Waals surface area contributed by atoms with E-state index in [1.54, 1.807) is 0 Å². The number of carbonyl (C=O) groups is 1. The molecule has 0 bridgehead atoms. The standard InChI is InChI=1S/C19H24N2O/c1-5-16-8-6-7-15(4)19(16)20-12-18(22)21-17-10-13(2)9-14(3)11-17/h6-11,20H,5,12H2,1-4H3,(H,21,22). The Labute approximate surface area is 132 Å². The lowest BCUT2D eigenvalue weighted by Gasteiger charge is -2.14. The first kappa shape index (κ1) is 16.1. The van der Waals surface area contributed by atoms with Crippen molar-refractivity contribution in [3.8, 4) is 0 Å². The molecule has 0 atom stereocenters. The van der Waals surface area contributed by atoms with Gasteiger partial charge in [-0.05, 0) is 61.6 Å². The highest BCUT2D eigenvalue weighted by Crippen LogP contribution is 2.21. The summed E-state index contributed by atoms with van der Waals surface area (Å²) < 4.78 is 0. The molecule has 3 nitrogen and oxygen atoms in total. The lowest BCUT2D eigenvalue weighted by atomic mass is 10.1. The molecular weight excluding hydrogens is 272 g/mol. The van der Waals surface area contributed by atoms with Crippen LogP contribution in [0.15, 0.2) is 36.4 Å². The molecule has 0 unspecified atom stereocenters. The molecule has 2 aromatic rings. The third-order valence-electron chi connectivity index (χ3n) is 3.67. The van der Waals surface area contributed by atoms with Gasteiger partial charge < -0.3 is 10.6 Å². The molecule has 0 saturated carbocycles. The molecule has 0 saturated heterocycles. The van der Waals surface area contributed by atoms with Crippen molar-refractivity contribution in [2.45, 2.75) is 34.1 Å². The molecule has 2 N–H and O–H groups in total. The number of amides is 1. The second kappa shape index (κ2) is 7.12. The van der Waals surface area contributed by atoms with Gasteiger partial charge in [-0.25, -0.2) is 0 Å². The Morgan fingerprint density at radius 1 is 1.05 bits per heavy atom. The number of carbonyl (C=O) groups excluding carboxylic acids is 1. The van der Waals surface area contributed by atoms with Crippen LogP contribution in [0.5, 0.6) is 0 Å². The third kappa shape index (κ3) is 4.10. The number of benzene rings is 2. The number of hydrogen-bond donors (Lipinski definition) is 2. The molecule has 3 heteroatoms. The van der Waals surface area contributed by atoms with Crippen molar-refractivity contribution in [2.75, 3.05) is 17.2 Å². The highest BCUT2D eigenvalue weighted by Gasteiger charge is 2.07. The van der Waals surface area contributed by atoms with Gasteiger partial charge >= 0.3 is 0 Å². The molecular formula is C19H24N2O. The number of anilines is 2. The number of para-hydroxylation sites is 1. The van der Waals surface area contributed by atoms with Crippen molar-refractivity contribution < 1.29 is 4.79 Å². The summed E-state index contributed by atoms with van der Waals surface area (Å²) in [6, 6.07) is 12.3. The van der Waals surface area contributed by atoms with Crippen LogP contribution in [0.1, 0.15) is 29.2 Å². The molecule has 0 aliphatic carbocycles. The SMILES string of the molecule is CCc1cccc(C)c1NCC(=O)Nc1cc(C)cc(C)c1. The highest BCUT2D eigenvalue weighted by atomic mass is 16.1. The zero-order valence-electron chi connectivity index (χ0n) is 13.8. The van der Waals surface area contributed by atoms with Gasteiger partial charge in [0.15, 0.2) is 0 Å². The van der Waals surface area contributed by atoms with Crippen LogP contribution in [-0.2, 0) is 11.2 Å². The first-order valence-corrected chi connectivity index (χ1v) is 7.70. The van der Waals surface area contributed by atoms with Crippen molar-refractivity contribution in [3.63, 3.8) is 0 Å². The number of hydrogen-bond acceptors (Lipinski definition) is 2. The van der Waals surface area contributed by atoms with E-state index in [1.807, 2.05) is 26.0 Å². The van der Waals surface area contributed by atoms with E-state index in [1.165, 1.54) is 11.1 Å². The van der Waals surface area contributed by atoms with Gasteiger partial charge in [0.05, 0.1) is 6.54 Å². The smallest absolute Gasteiger partial charge is 0.243 e. The average Bonchev–Trinajstić information content (AvgIpc) is 2.44. The summed E-state index contributed by atoms with van der Waals surface area (Å²) in [6.45, 7) is 8.51. The van der Waals surface area contributed by atoms with Crippen molar-refractivity contribution in [3.05, 3.63) is 58.7 Å². The van der Waals surface area contributed by atoms with Gasteiger partial charge in [-0.1, -0.05) is 31.2 Å². The fourth-order valence-electron chi connectivity index (χ4n) is 2.70. The largest absolute Gasteiger partial charge is 0.376 e. The van der Waals surface area contributed by atoms with Crippen LogP contribution in [0.2, 0.25) is 0 Å². The zero-order valence-corrected chi connectivity index (χ0v) is 13.8. The predicted octanol–water partition coefficient (Wildman–Crippen LogP) is 4.22. The first-order valence-electron chi connectivity index (χ1n) is 7.70. The number of nitrogens with one attached hydrogen (secondary N) is 2. The lowest BCUT2D eigenvalue weighted by Crippen LogP contribution is -2.22. The van der Waals surface area contributed by atoms with Crippen LogP contribution >= 0.6 is 0 Å². The summed E-state index contributed by atoms with van der Waals surface area (Å²) in [5, 5.41) is 6.22. The molecule has 2 aromatic carbocycles. The summed E-state index contributed by atoms with van der Waals surface area (Å²) >= 11 is 0. The van der Waals surface area contributed by atoms with Crippen LogP contribution in [0.4, 0.5) is 11.4 Å². The molecule has 0 fully saturated rings. The maximum atomic E-state index is 12.1. The zero-order chi connectivity index (χ0) is 16.1. The highest BCUT2D eigenvalue weighted by molar-refractivity contribution is 5.94. The van der Waals surface area contributed by atoms with E-state index in [4.69, 9.17) is 0 Å². The van der Waals surface area contributed by atoms with E-state index in [-0.39, 0.29) is 12.5 Å². The summed E-state index contributed by atoms with van der Waals surface area (Å²) in [5.41, 5.74) is 6.62. The van der Waals surface area contributed by atoms with Gasteiger partial charge in [-0.15, -0.1) is 0 Å². The topological polar surface area (TPSA) is 41.1 Å². The molecule has 0 aliphatic rings. The van der Waals surface area contributed by atoms with Crippen molar-refractivity contribution in [1.82, 2.24) is 0 Å². The Bertz CT molecular complexity index is 657. The molecule has 0 heterocycles. The molecule has 116 valence electrons. The van der Waals surface area contributed by atoms with Crippen LogP contribution in [0, 0.1) is 20.8 Å². The molecule has 0 aliphatic heterocycles. The second-order valence-electron chi connectivity index (χ2n) is 5.74. The second-order valence-corrected chi connectivity index (χ2v) is 5.74.